The fourth-order valence-corrected chi connectivity index (χ4v) is 2.12. The van der Waals surface area contributed by atoms with Gasteiger partial charge in [0.05, 0.1) is 0 Å². The van der Waals surface area contributed by atoms with Crippen LogP contribution in [-0.4, -0.2) is 6.18 Å². The van der Waals surface area contributed by atoms with Crippen LogP contribution in [0.5, 0.6) is 0 Å². The molecule has 0 aliphatic heterocycles. The van der Waals surface area contributed by atoms with Crippen LogP contribution in [0.25, 0.3) is 0 Å². The number of hydrogen-bond donors (Lipinski definition) is 1. The van der Waals surface area contributed by atoms with Gasteiger partial charge >= 0.3 is 6.18 Å². The average molecular weight is 297 g/mol. The number of rotatable bonds is 4. The van der Waals surface area contributed by atoms with Gasteiger partial charge in [0.25, 0.3) is 0 Å². The highest BCUT2D eigenvalue weighted by atomic mass is 19.4. The summed E-state index contributed by atoms with van der Waals surface area (Å²) in [7, 11) is 0. The van der Waals surface area contributed by atoms with E-state index < -0.39 is 24.1 Å². The maximum atomic E-state index is 13.2. The SMILES string of the molecule is C[C@H](NC(c1ccccc1)C(F)(F)F)c1ccc(F)cc1. The quantitative estimate of drug-likeness (QED) is 0.801. The fourth-order valence-electron chi connectivity index (χ4n) is 2.12. The first-order valence-electron chi connectivity index (χ1n) is 6.51. The average Bonchev–Trinajstić information content (AvgIpc) is 2.45. The van der Waals surface area contributed by atoms with Crippen molar-refractivity contribution in [2.24, 2.45) is 0 Å². The van der Waals surface area contributed by atoms with Crippen LogP contribution in [0.2, 0.25) is 0 Å². The van der Waals surface area contributed by atoms with Crippen LogP contribution < -0.4 is 5.32 Å². The zero-order chi connectivity index (χ0) is 15.5. The standard InChI is InChI=1S/C16H15F4N/c1-11(12-7-9-14(17)10-8-12)21-15(16(18,19)20)13-5-3-2-4-6-13/h2-11,15,21H,1H3/t11-,15?/m0/s1. The third-order valence-corrected chi connectivity index (χ3v) is 3.25. The number of hydrogen-bond acceptors (Lipinski definition) is 1. The lowest BCUT2D eigenvalue weighted by molar-refractivity contribution is -0.159. The third kappa shape index (κ3) is 4.04. The van der Waals surface area contributed by atoms with Gasteiger partial charge in [-0.3, -0.25) is 5.32 Å². The van der Waals surface area contributed by atoms with Crippen molar-refractivity contribution >= 4 is 0 Å². The molecule has 0 saturated carbocycles. The van der Waals surface area contributed by atoms with Crippen LogP contribution in [0, 0.1) is 5.82 Å². The maximum absolute atomic E-state index is 13.2. The van der Waals surface area contributed by atoms with Crippen molar-refractivity contribution in [2.75, 3.05) is 0 Å². The molecule has 0 spiro atoms. The molecule has 1 nitrogen and oxygen atoms in total. The third-order valence-electron chi connectivity index (χ3n) is 3.25. The summed E-state index contributed by atoms with van der Waals surface area (Å²) in [5.74, 6) is -0.415. The summed E-state index contributed by atoms with van der Waals surface area (Å²) in [5, 5.41) is 2.56. The van der Waals surface area contributed by atoms with Gasteiger partial charge in [0.2, 0.25) is 0 Å². The van der Waals surface area contributed by atoms with Crippen molar-refractivity contribution in [3.63, 3.8) is 0 Å². The molecule has 0 radical (unpaired) electrons. The molecule has 0 heterocycles. The van der Waals surface area contributed by atoms with E-state index in [4.69, 9.17) is 0 Å². The second kappa shape index (κ2) is 6.26. The summed E-state index contributed by atoms with van der Waals surface area (Å²) < 4.78 is 52.5. The molecule has 2 rings (SSSR count). The Morgan fingerprint density at radius 1 is 0.857 bits per heavy atom. The molecule has 0 saturated heterocycles. The van der Waals surface area contributed by atoms with E-state index in [0.29, 0.717) is 5.56 Å². The van der Waals surface area contributed by atoms with E-state index in [1.54, 1.807) is 25.1 Å². The molecule has 21 heavy (non-hydrogen) atoms. The lowest BCUT2D eigenvalue weighted by atomic mass is 10.0. The largest absolute Gasteiger partial charge is 0.407 e. The highest BCUT2D eigenvalue weighted by Gasteiger charge is 2.41. The Morgan fingerprint density at radius 2 is 1.43 bits per heavy atom. The Bertz CT molecular complexity index is 563. The van der Waals surface area contributed by atoms with Crippen LogP contribution in [0.3, 0.4) is 0 Å². The van der Waals surface area contributed by atoms with E-state index in [9.17, 15) is 17.6 Å². The smallest absolute Gasteiger partial charge is 0.296 e. The summed E-state index contributed by atoms with van der Waals surface area (Å²) >= 11 is 0. The Hall–Kier alpha value is -1.88. The van der Waals surface area contributed by atoms with Crippen molar-refractivity contribution in [1.29, 1.82) is 0 Å². The molecule has 1 unspecified atom stereocenters. The minimum absolute atomic E-state index is 0.152. The maximum Gasteiger partial charge on any atom is 0.407 e. The number of alkyl halides is 3. The van der Waals surface area contributed by atoms with Gasteiger partial charge in [-0.1, -0.05) is 42.5 Å². The van der Waals surface area contributed by atoms with E-state index in [2.05, 4.69) is 5.32 Å². The molecule has 0 amide bonds. The summed E-state index contributed by atoms with van der Waals surface area (Å²) in [6.45, 7) is 1.62. The number of halogens is 4. The van der Waals surface area contributed by atoms with Gasteiger partial charge in [0.15, 0.2) is 0 Å². The molecule has 0 aromatic heterocycles. The van der Waals surface area contributed by atoms with E-state index in [1.807, 2.05) is 0 Å². The minimum Gasteiger partial charge on any atom is -0.296 e. The first kappa shape index (κ1) is 15.5. The molecule has 2 atom stereocenters. The molecular weight excluding hydrogens is 282 g/mol. The van der Waals surface area contributed by atoms with Crippen molar-refractivity contribution < 1.29 is 17.6 Å². The molecule has 2 aromatic carbocycles. The Balaban J connectivity index is 2.21. The normalized spacial score (nSPS) is 14.7. The molecule has 0 aliphatic rings. The molecule has 5 heteroatoms. The van der Waals surface area contributed by atoms with Gasteiger partial charge in [-0.2, -0.15) is 13.2 Å². The van der Waals surface area contributed by atoms with Crippen molar-refractivity contribution in [1.82, 2.24) is 5.32 Å². The van der Waals surface area contributed by atoms with Crippen LogP contribution in [0.1, 0.15) is 30.1 Å². The second-order valence-electron chi connectivity index (χ2n) is 4.83. The first-order chi connectivity index (χ1) is 9.88. The van der Waals surface area contributed by atoms with E-state index in [1.165, 1.54) is 36.4 Å². The highest BCUT2D eigenvalue weighted by Crippen LogP contribution is 2.34. The van der Waals surface area contributed by atoms with Crippen LogP contribution >= 0.6 is 0 Å². The number of benzene rings is 2. The highest BCUT2D eigenvalue weighted by molar-refractivity contribution is 5.23. The van der Waals surface area contributed by atoms with Crippen LogP contribution in [0.15, 0.2) is 54.6 Å². The van der Waals surface area contributed by atoms with Gasteiger partial charge in [-0.15, -0.1) is 0 Å². The fraction of sp³-hybridized carbons (Fsp3) is 0.250. The lowest BCUT2D eigenvalue weighted by Crippen LogP contribution is -2.35. The van der Waals surface area contributed by atoms with Crippen molar-refractivity contribution in [3.05, 3.63) is 71.5 Å². The Morgan fingerprint density at radius 3 is 1.95 bits per heavy atom. The molecule has 112 valence electrons. The molecule has 2 aromatic rings. The van der Waals surface area contributed by atoms with Gasteiger partial charge in [0.1, 0.15) is 11.9 Å². The van der Waals surface area contributed by atoms with E-state index in [0.717, 1.165) is 0 Å². The topological polar surface area (TPSA) is 12.0 Å². The van der Waals surface area contributed by atoms with E-state index in [-0.39, 0.29) is 5.56 Å². The first-order valence-corrected chi connectivity index (χ1v) is 6.51. The zero-order valence-electron chi connectivity index (χ0n) is 11.4. The predicted molar refractivity (Wildman–Crippen MR) is 73.2 cm³/mol. The minimum atomic E-state index is -4.41. The molecule has 0 fully saturated rings. The van der Waals surface area contributed by atoms with E-state index >= 15 is 0 Å². The summed E-state index contributed by atoms with van der Waals surface area (Å²) in [6, 6.07) is 10.8. The summed E-state index contributed by atoms with van der Waals surface area (Å²) in [4.78, 5) is 0. The summed E-state index contributed by atoms with van der Waals surface area (Å²) in [5.41, 5.74) is 0.751. The molecule has 1 N–H and O–H groups in total. The van der Waals surface area contributed by atoms with Crippen molar-refractivity contribution in [3.8, 4) is 0 Å². The van der Waals surface area contributed by atoms with Gasteiger partial charge in [-0.25, -0.2) is 4.39 Å². The Kier molecular flexibility index (Phi) is 4.63. The monoisotopic (exact) mass is 297 g/mol. The Labute approximate surface area is 120 Å². The lowest BCUT2D eigenvalue weighted by Gasteiger charge is -2.26. The van der Waals surface area contributed by atoms with Gasteiger partial charge < -0.3 is 0 Å². The molecule has 0 aliphatic carbocycles. The summed E-state index contributed by atoms with van der Waals surface area (Å²) in [6.07, 6.45) is -4.41. The number of nitrogens with one attached hydrogen (secondary N) is 1. The second-order valence-corrected chi connectivity index (χ2v) is 4.83. The van der Waals surface area contributed by atoms with Gasteiger partial charge in [0, 0.05) is 6.04 Å². The van der Waals surface area contributed by atoms with Crippen LogP contribution in [-0.2, 0) is 0 Å². The van der Waals surface area contributed by atoms with Crippen LogP contribution in [0.4, 0.5) is 17.6 Å². The van der Waals surface area contributed by atoms with Gasteiger partial charge in [-0.05, 0) is 30.2 Å². The molecule has 0 bridgehead atoms. The molecular formula is C16H15F4N. The predicted octanol–water partition coefficient (Wildman–Crippen LogP) is 4.78. The van der Waals surface area contributed by atoms with Crippen molar-refractivity contribution in [2.45, 2.75) is 25.2 Å². The zero-order valence-corrected chi connectivity index (χ0v) is 11.4.